The molecule has 3 aromatic carbocycles. The lowest BCUT2D eigenvalue weighted by Gasteiger charge is -2.29. The molecule has 0 unspecified atom stereocenters. The van der Waals surface area contributed by atoms with Gasteiger partial charge in [0.05, 0.1) is 0 Å². The zero-order valence-electron chi connectivity index (χ0n) is 17.2. The molecule has 0 heterocycles. The van der Waals surface area contributed by atoms with E-state index >= 15 is 0 Å². The van der Waals surface area contributed by atoms with E-state index in [1.807, 2.05) is 30.3 Å². The summed E-state index contributed by atoms with van der Waals surface area (Å²) in [6, 6.07) is 16.3. The summed E-state index contributed by atoms with van der Waals surface area (Å²) < 4.78 is 54.9. The van der Waals surface area contributed by atoms with Crippen molar-refractivity contribution in [3.05, 3.63) is 78.4 Å². The predicted molar refractivity (Wildman–Crippen MR) is 111 cm³/mol. The van der Waals surface area contributed by atoms with Crippen molar-refractivity contribution in [1.82, 2.24) is 0 Å². The molecule has 0 aliphatic rings. The van der Waals surface area contributed by atoms with Crippen LogP contribution in [0.3, 0.4) is 0 Å². The molecule has 0 atom stereocenters. The first kappa shape index (κ1) is 22.2. The van der Waals surface area contributed by atoms with Crippen LogP contribution in [-0.4, -0.2) is 12.3 Å². The number of carbonyl (C=O) groups is 1. The minimum absolute atomic E-state index is 0.114. The highest BCUT2D eigenvalue weighted by Crippen LogP contribution is 2.44. The molecule has 3 aromatic rings. The number of hydrogen-bond donors (Lipinski definition) is 0. The van der Waals surface area contributed by atoms with Crippen LogP contribution in [0.15, 0.2) is 72.8 Å². The van der Waals surface area contributed by atoms with Crippen molar-refractivity contribution in [1.29, 1.82) is 0 Å². The van der Waals surface area contributed by atoms with Crippen LogP contribution >= 0.6 is 0 Å². The van der Waals surface area contributed by atoms with E-state index in [2.05, 4.69) is 11.3 Å². The topological polar surface area (TPSA) is 44.8 Å². The second-order valence-electron chi connectivity index (χ2n) is 7.44. The van der Waals surface area contributed by atoms with Crippen molar-refractivity contribution in [3.63, 3.8) is 0 Å². The molecule has 0 fully saturated rings. The number of halogens is 3. The van der Waals surface area contributed by atoms with Crippen molar-refractivity contribution in [2.75, 3.05) is 0 Å². The number of carbonyl (C=O) groups excluding carboxylic acids is 1. The molecule has 0 saturated heterocycles. The van der Waals surface area contributed by atoms with Gasteiger partial charge < -0.3 is 14.2 Å². The summed E-state index contributed by atoms with van der Waals surface area (Å²) in [5, 5.41) is 0.697. The summed E-state index contributed by atoms with van der Waals surface area (Å²) in [6.45, 7) is 8.52. The molecule has 31 heavy (non-hydrogen) atoms. The molecule has 0 aliphatic carbocycles. The SMILES string of the molecule is C=C(C)C(=O)Oc1cccc2c(OC(C)(C)c3ccccc3)c(OC(F)(F)F)ccc12. The van der Waals surface area contributed by atoms with E-state index < -0.39 is 23.7 Å². The minimum Gasteiger partial charge on any atom is -0.479 e. The molecule has 0 bridgehead atoms. The van der Waals surface area contributed by atoms with Crippen molar-refractivity contribution in [2.24, 2.45) is 0 Å². The molecule has 0 saturated carbocycles. The van der Waals surface area contributed by atoms with E-state index in [0.717, 1.165) is 11.6 Å². The third-order valence-electron chi connectivity index (χ3n) is 4.54. The summed E-state index contributed by atoms with van der Waals surface area (Å²) >= 11 is 0. The average molecular weight is 430 g/mol. The molecule has 0 aromatic heterocycles. The van der Waals surface area contributed by atoms with Crippen LogP contribution < -0.4 is 14.2 Å². The monoisotopic (exact) mass is 430 g/mol. The van der Waals surface area contributed by atoms with Gasteiger partial charge in [-0.15, -0.1) is 13.2 Å². The third-order valence-corrected chi connectivity index (χ3v) is 4.54. The number of ether oxygens (including phenoxy) is 3. The Balaban J connectivity index is 2.16. The van der Waals surface area contributed by atoms with Gasteiger partial charge in [0.2, 0.25) is 0 Å². The zero-order chi connectivity index (χ0) is 22.8. The summed E-state index contributed by atoms with van der Waals surface area (Å²) in [4.78, 5) is 12.0. The van der Waals surface area contributed by atoms with Gasteiger partial charge in [0, 0.05) is 16.3 Å². The quantitative estimate of drug-likeness (QED) is 0.253. The van der Waals surface area contributed by atoms with E-state index in [-0.39, 0.29) is 17.1 Å². The largest absolute Gasteiger partial charge is 0.573 e. The fourth-order valence-electron chi connectivity index (χ4n) is 3.02. The highest BCUT2D eigenvalue weighted by atomic mass is 19.4. The van der Waals surface area contributed by atoms with E-state index in [0.29, 0.717) is 10.8 Å². The normalized spacial score (nSPS) is 11.8. The van der Waals surface area contributed by atoms with Gasteiger partial charge in [0.1, 0.15) is 11.4 Å². The maximum Gasteiger partial charge on any atom is 0.573 e. The summed E-state index contributed by atoms with van der Waals surface area (Å²) in [6.07, 6.45) is -4.91. The molecule has 7 heteroatoms. The van der Waals surface area contributed by atoms with Crippen LogP contribution in [0.25, 0.3) is 10.8 Å². The van der Waals surface area contributed by atoms with Gasteiger partial charge in [-0.25, -0.2) is 4.79 Å². The first-order valence-electron chi connectivity index (χ1n) is 9.41. The second-order valence-corrected chi connectivity index (χ2v) is 7.44. The summed E-state index contributed by atoms with van der Waals surface area (Å²) in [7, 11) is 0. The van der Waals surface area contributed by atoms with Crippen LogP contribution in [0.2, 0.25) is 0 Å². The Bertz CT molecular complexity index is 1120. The van der Waals surface area contributed by atoms with Gasteiger partial charge in [-0.2, -0.15) is 0 Å². The number of alkyl halides is 3. The fourth-order valence-corrected chi connectivity index (χ4v) is 3.02. The van der Waals surface area contributed by atoms with Crippen molar-refractivity contribution in [3.8, 4) is 17.2 Å². The Morgan fingerprint density at radius 1 is 0.839 bits per heavy atom. The van der Waals surface area contributed by atoms with Crippen LogP contribution in [0.4, 0.5) is 13.2 Å². The minimum atomic E-state index is -4.91. The first-order chi connectivity index (χ1) is 14.5. The van der Waals surface area contributed by atoms with Crippen LogP contribution in [0.5, 0.6) is 17.2 Å². The highest BCUT2D eigenvalue weighted by molar-refractivity contribution is 5.98. The first-order valence-corrected chi connectivity index (χ1v) is 9.41. The van der Waals surface area contributed by atoms with E-state index in [9.17, 15) is 18.0 Å². The molecule has 0 radical (unpaired) electrons. The molecule has 0 spiro atoms. The summed E-state index contributed by atoms with van der Waals surface area (Å²) in [5.74, 6) is -1.08. The van der Waals surface area contributed by atoms with Crippen LogP contribution in [0, 0.1) is 0 Å². The highest BCUT2D eigenvalue weighted by Gasteiger charge is 2.34. The lowest BCUT2D eigenvalue weighted by atomic mass is 9.97. The molecular weight excluding hydrogens is 409 g/mol. The Morgan fingerprint density at radius 3 is 2.13 bits per heavy atom. The maximum absolute atomic E-state index is 13.1. The number of benzene rings is 3. The van der Waals surface area contributed by atoms with Gasteiger partial charge in [-0.05, 0) is 44.5 Å². The number of rotatable bonds is 6. The lowest BCUT2D eigenvalue weighted by Crippen LogP contribution is -2.26. The smallest absolute Gasteiger partial charge is 0.479 e. The van der Waals surface area contributed by atoms with Crippen LogP contribution in [0.1, 0.15) is 26.3 Å². The molecule has 3 rings (SSSR count). The van der Waals surface area contributed by atoms with Crippen molar-refractivity contribution in [2.45, 2.75) is 32.7 Å². The number of esters is 1. The van der Waals surface area contributed by atoms with Gasteiger partial charge >= 0.3 is 12.3 Å². The fraction of sp³-hybridized carbons (Fsp3) is 0.208. The van der Waals surface area contributed by atoms with E-state index in [1.165, 1.54) is 13.0 Å². The molecule has 0 aliphatic heterocycles. The number of hydrogen-bond acceptors (Lipinski definition) is 4. The van der Waals surface area contributed by atoms with E-state index in [1.54, 1.807) is 32.0 Å². The molecule has 0 amide bonds. The van der Waals surface area contributed by atoms with Crippen molar-refractivity contribution < 1.29 is 32.2 Å². The Labute approximate surface area is 177 Å². The van der Waals surface area contributed by atoms with Crippen LogP contribution in [-0.2, 0) is 10.4 Å². The average Bonchev–Trinajstić information content (AvgIpc) is 2.69. The van der Waals surface area contributed by atoms with E-state index in [4.69, 9.17) is 9.47 Å². The van der Waals surface area contributed by atoms with Gasteiger partial charge in [-0.3, -0.25) is 0 Å². The predicted octanol–water partition coefficient (Wildman–Crippen LogP) is 6.53. The third kappa shape index (κ3) is 5.17. The molecule has 4 nitrogen and oxygen atoms in total. The lowest BCUT2D eigenvalue weighted by molar-refractivity contribution is -0.275. The van der Waals surface area contributed by atoms with Gasteiger partial charge in [0.25, 0.3) is 0 Å². The maximum atomic E-state index is 13.1. The second kappa shape index (κ2) is 8.34. The Hall–Kier alpha value is -3.48. The molecule has 0 N–H and O–H groups in total. The number of fused-ring (bicyclic) bond motifs is 1. The molecule has 162 valence electrons. The zero-order valence-corrected chi connectivity index (χ0v) is 17.2. The van der Waals surface area contributed by atoms with Crippen molar-refractivity contribution >= 4 is 16.7 Å². The standard InChI is InChI=1S/C24H21F3O4/c1-15(2)22(28)29-19-12-8-11-18-17(19)13-14-20(30-24(25,26)27)21(18)31-23(3,4)16-9-6-5-7-10-16/h5-14H,1H2,2-4H3. The Kier molecular flexibility index (Phi) is 5.97. The van der Waals surface area contributed by atoms with Gasteiger partial charge in [-0.1, -0.05) is 49.0 Å². The molecular formula is C24H21F3O4. The van der Waals surface area contributed by atoms with Gasteiger partial charge in [0.15, 0.2) is 11.5 Å². The Morgan fingerprint density at radius 2 is 1.52 bits per heavy atom. The summed E-state index contributed by atoms with van der Waals surface area (Å²) in [5.41, 5.74) is -0.0329.